The first kappa shape index (κ1) is 13.4. The second-order valence-electron chi connectivity index (χ2n) is 4.64. The minimum absolute atomic E-state index is 0.191. The van der Waals surface area contributed by atoms with E-state index in [1.54, 1.807) is 18.2 Å². The zero-order chi connectivity index (χ0) is 14.1. The van der Waals surface area contributed by atoms with E-state index in [2.05, 4.69) is 10.6 Å². The van der Waals surface area contributed by atoms with Crippen molar-refractivity contribution in [1.29, 1.82) is 0 Å². The second kappa shape index (κ2) is 5.44. The molecule has 1 aliphatic heterocycles. The van der Waals surface area contributed by atoms with Crippen LogP contribution >= 0.6 is 23.2 Å². The number of carbonyl (C=O) groups is 1. The maximum atomic E-state index is 12.2. The lowest BCUT2D eigenvalue weighted by Gasteiger charge is -2.09. The van der Waals surface area contributed by atoms with Gasteiger partial charge in [-0.3, -0.25) is 4.79 Å². The van der Waals surface area contributed by atoms with Crippen molar-refractivity contribution >= 4 is 34.8 Å². The summed E-state index contributed by atoms with van der Waals surface area (Å²) < 4.78 is 0. The van der Waals surface area contributed by atoms with Gasteiger partial charge >= 0.3 is 0 Å². The average molecular weight is 307 g/mol. The molecule has 0 aromatic heterocycles. The number of anilines is 1. The quantitative estimate of drug-likeness (QED) is 0.885. The van der Waals surface area contributed by atoms with Crippen molar-refractivity contribution in [3.05, 3.63) is 63.1 Å². The zero-order valence-corrected chi connectivity index (χ0v) is 12.1. The monoisotopic (exact) mass is 306 g/mol. The molecule has 0 radical (unpaired) electrons. The van der Waals surface area contributed by atoms with E-state index in [0.717, 1.165) is 18.7 Å². The van der Waals surface area contributed by atoms with Gasteiger partial charge in [-0.05, 0) is 35.4 Å². The molecule has 2 N–H and O–H groups in total. The van der Waals surface area contributed by atoms with Crippen LogP contribution in [0, 0.1) is 0 Å². The van der Waals surface area contributed by atoms with Gasteiger partial charge in [0.15, 0.2) is 0 Å². The van der Waals surface area contributed by atoms with Crippen LogP contribution < -0.4 is 10.6 Å². The third kappa shape index (κ3) is 2.52. The number of rotatable bonds is 2. The van der Waals surface area contributed by atoms with Crippen LogP contribution in [-0.4, -0.2) is 5.91 Å². The van der Waals surface area contributed by atoms with E-state index in [9.17, 15) is 4.79 Å². The van der Waals surface area contributed by atoms with Crippen LogP contribution in [0.4, 0.5) is 5.69 Å². The molecule has 0 bridgehead atoms. The van der Waals surface area contributed by atoms with Gasteiger partial charge in [0, 0.05) is 18.7 Å². The maximum Gasteiger partial charge on any atom is 0.255 e. The van der Waals surface area contributed by atoms with Crippen LogP contribution in [0.5, 0.6) is 0 Å². The Morgan fingerprint density at radius 1 is 1.10 bits per heavy atom. The Morgan fingerprint density at radius 2 is 1.90 bits per heavy atom. The number of hydrogen-bond acceptors (Lipinski definition) is 2. The van der Waals surface area contributed by atoms with Gasteiger partial charge in [-0.1, -0.05) is 35.3 Å². The topological polar surface area (TPSA) is 41.1 Å². The van der Waals surface area contributed by atoms with Crippen molar-refractivity contribution in [2.45, 2.75) is 13.1 Å². The predicted molar refractivity (Wildman–Crippen MR) is 81.4 cm³/mol. The van der Waals surface area contributed by atoms with Gasteiger partial charge in [0.05, 0.1) is 15.7 Å². The van der Waals surface area contributed by atoms with E-state index < -0.39 is 0 Å². The number of amides is 1. The van der Waals surface area contributed by atoms with Crippen molar-refractivity contribution in [3.8, 4) is 0 Å². The first-order valence-corrected chi connectivity index (χ1v) is 6.98. The van der Waals surface area contributed by atoms with Gasteiger partial charge in [0.2, 0.25) is 0 Å². The van der Waals surface area contributed by atoms with Crippen LogP contribution in [-0.2, 0) is 13.1 Å². The molecule has 1 amide bonds. The molecule has 102 valence electrons. The van der Waals surface area contributed by atoms with E-state index in [4.69, 9.17) is 23.2 Å². The van der Waals surface area contributed by atoms with Crippen LogP contribution in [0.15, 0.2) is 36.4 Å². The Balaban J connectivity index is 1.84. The molecule has 20 heavy (non-hydrogen) atoms. The molecule has 1 heterocycles. The van der Waals surface area contributed by atoms with Crippen molar-refractivity contribution in [2.24, 2.45) is 0 Å². The molecule has 0 fully saturated rings. The molecular weight excluding hydrogens is 295 g/mol. The largest absolute Gasteiger partial charge is 0.321 e. The Bertz CT molecular complexity index is 686. The molecule has 0 atom stereocenters. The summed E-state index contributed by atoms with van der Waals surface area (Å²) in [4.78, 5) is 12.2. The highest BCUT2D eigenvalue weighted by Gasteiger charge is 2.14. The first-order chi connectivity index (χ1) is 9.65. The summed E-state index contributed by atoms with van der Waals surface area (Å²) >= 11 is 12.0. The number of carbonyl (C=O) groups excluding carboxylic acids is 1. The fourth-order valence-corrected chi connectivity index (χ4v) is 2.58. The summed E-state index contributed by atoms with van der Waals surface area (Å²) in [5, 5.41) is 6.80. The number of halogens is 2. The highest BCUT2D eigenvalue weighted by molar-refractivity contribution is 6.44. The van der Waals surface area contributed by atoms with Gasteiger partial charge in [-0.25, -0.2) is 0 Å². The Kier molecular flexibility index (Phi) is 3.66. The van der Waals surface area contributed by atoms with Crippen molar-refractivity contribution < 1.29 is 4.79 Å². The Labute approximate surface area is 126 Å². The highest BCUT2D eigenvalue weighted by Crippen LogP contribution is 2.30. The van der Waals surface area contributed by atoms with Crippen LogP contribution in [0.1, 0.15) is 21.5 Å². The van der Waals surface area contributed by atoms with E-state index in [1.165, 1.54) is 5.56 Å². The molecule has 0 saturated heterocycles. The lowest BCUT2D eigenvalue weighted by molar-refractivity contribution is 0.102. The van der Waals surface area contributed by atoms with E-state index in [0.29, 0.717) is 21.3 Å². The standard InChI is InChI=1S/C15H12Cl2N2O/c16-12-2-1-3-13(14(12)17)19-15(20)9-4-5-10-7-18-8-11(10)6-9/h1-6,18H,7-8H2,(H,19,20). The summed E-state index contributed by atoms with van der Waals surface area (Å²) in [5.74, 6) is -0.191. The summed E-state index contributed by atoms with van der Waals surface area (Å²) in [6.45, 7) is 1.66. The van der Waals surface area contributed by atoms with E-state index >= 15 is 0 Å². The molecule has 1 aliphatic rings. The van der Waals surface area contributed by atoms with Crippen LogP contribution in [0.2, 0.25) is 10.0 Å². The molecule has 5 heteroatoms. The maximum absolute atomic E-state index is 12.2. The number of hydrogen-bond donors (Lipinski definition) is 2. The fraction of sp³-hybridized carbons (Fsp3) is 0.133. The first-order valence-electron chi connectivity index (χ1n) is 6.23. The molecule has 2 aromatic carbocycles. The van der Waals surface area contributed by atoms with Crippen molar-refractivity contribution in [1.82, 2.24) is 5.32 Å². The zero-order valence-electron chi connectivity index (χ0n) is 10.5. The number of fused-ring (bicyclic) bond motifs is 1. The van der Waals surface area contributed by atoms with Crippen LogP contribution in [0.3, 0.4) is 0 Å². The summed E-state index contributed by atoms with van der Waals surface area (Å²) in [6.07, 6.45) is 0. The van der Waals surface area contributed by atoms with Gasteiger partial charge in [-0.2, -0.15) is 0 Å². The number of benzene rings is 2. The summed E-state index contributed by atoms with van der Waals surface area (Å²) in [5.41, 5.74) is 3.53. The van der Waals surface area contributed by atoms with Crippen LogP contribution in [0.25, 0.3) is 0 Å². The second-order valence-corrected chi connectivity index (χ2v) is 5.43. The Hall–Kier alpha value is -1.55. The molecule has 2 aromatic rings. The van der Waals surface area contributed by atoms with E-state index in [-0.39, 0.29) is 5.91 Å². The summed E-state index contributed by atoms with van der Waals surface area (Å²) in [6, 6.07) is 10.9. The van der Waals surface area contributed by atoms with Crippen molar-refractivity contribution in [2.75, 3.05) is 5.32 Å². The van der Waals surface area contributed by atoms with Gasteiger partial charge in [0.25, 0.3) is 5.91 Å². The molecule has 0 unspecified atom stereocenters. The average Bonchev–Trinajstić information content (AvgIpc) is 2.91. The van der Waals surface area contributed by atoms with Crippen molar-refractivity contribution in [3.63, 3.8) is 0 Å². The van der Waals surface area contributed by atoms with Gasteiger partial charge in [0.1, 0.15) is 0 Å². The normalized spacial score (nSPS) is 13.1. The highest BCUT2D eigenvalue weighted by atomic mass is 35.5. The Morgan fingerprint density at radius 3 is 2.75 bits per heavy atom. The molecular formula is C15H12Cl2N2O. The lowest BCUT2D eigenvalue weighted by atomic mass is 10.1. The molecule has 0 aliphatic carbocycles. The molecule has 3 rings (SSSR count). The fourth-order valence-electron chi connectivity index (χ4n) is 2.23. The third-order valence-corrected chi connectivity index (χ3v) is 4.12. The minimum atomic E-state index is -0.191. The minimum Gasteiger partial charge on any atom is -0.321 e. The molecule has 0 saturated carbocycles. The lowest BCUT2D eigenvalue weighted by Crippen LogP contribution is -2.12. The summed E-state index contributed by atoms with van der Waals surface area (Å²) in [7, 11) is 0. The predicted octanol–water partition coefficient (Wildman–Crippen LogP) is 3.85. The van der Waals surface area contributed by atoms with Gasteiger partial charge < -0.3 is 10.6 Å². The molecule has 0 spiro atoms. The smallest absolute Gasteiger partial charge is 0.255 e. The van der Waals surface area contributed by atoms with E-state index in [1.807, 2.05) is 18.2 Å². The SMILES string of the molecule is O=C(Nc1cccc(Cl)c1Cl)c1ccc2c(c1)CNC2. The third-order valence-electron chi connectivity index (χ3n) is 3.30. The van der Waals surface area contributed by atoms with Gasteiger partial charge in [-0.15, -0.1) is 0 Å². The number of nitrogens with one attached hydrogen (secondary N) is 2. The molecule has 3 nitrogen and oxygen atoms in total.